The van der Waals surface area contributed by atoms with Crippen LogP contribution < -0.4 is 10.3 Å². The van der Waals surface area contributed by atoms with Gasteiger partial charge in [-0.25, -0.2) is 4.90 Å². The molecule has 0 saturated carbocycles. The third-order valence-corrected chi connectivity index (χ3v) is 3.01. The van der Waals surface area contributed by atoms with E-state index in [1.807, 2.05) is 0 Å². The van der Waals surface area contributed by atoms with E-state index in [-0.39, 0.29) is 6.23 Å². The molecular formula is C10H14N4O+2. The van der Waals surface area contributed by atoms with Crippen molar-refractivity contribution in [3.05, 3.63) is 11.8 Å². The minimum absolute atomic E-state index is 0.223. The van der Waals surface area contributed by atoms with Crippen LogP contribution in [0.15, 0.2) is 21.8 Å². The van der Waals surface area contributed by atoms with Crippen molar-refractivity contribution in [2.75, 3.05) is 6.61 Å². The van der Waals surface area contributed by atoms with E-state index in [1.165, 1.54) is 24.1 Å². The Kier molecular flexibility index (Phi) is 2.00. The van der Waals surface area contributed by atoms with E-state index < -0.39 is 0 Å². The van der Waals surface area contributed by atoms with Gasteiger partial charge in [-0.05, 0) is 17.8 Å². The highest BCUT2D eigenvalue weighted by Crippen LogP contribution is 2.12. The monoisotopic (exact) mass is 206 g/mol. The number of hydrogen-bond donors (Lipinski definition) is 2. The van der Waals surface area contributed by atoms with Gasteiger partial charge in [0.2, 0.25) is 18.1 Å². The van der Waals surface area contributed by atoms with Crippen molar-refractivity contribution < 1.29 is 15.0 Å². The maximum atomic E-state index is 5.73. The number of nitrogens with one attached hydrogen (secondary N) is 1. The van der Waals surface area contributed by atoms with E-state index >= 15 is 0 Å². The molecule has 0 amide bonds. The average molecular weight is 206 g/mol. The molecule has 0 aromatic rings. The normalized spacial score (nSPS) is 34.0. The third-order valence-electron chi connectivity index (χ3n) is 3.01. The van der Waals surface area contributed by atoms with E-state index in [9.17, 15) is 0 Å². The van der Waals surface area contributed by atoms with E-state index in [1.54, 1.807) is 0 Å². The smallest absolute Gasteiger partial charge is 0.328 e. The Balaban J connectivity index is 1.81. The first-order valence-electron chi connectivity index (χ1n) is 5.30. The summed E-state index contributed by atoms with van der Waals surface area (Å²) < 4.78 is 5.71. The fourth-order valence-corrected chi connectivity index (χ4v) is 2.16. The molecule has 78 valence electrons. The lowest BCUT2D eigenvalue weighted by molar-refractivity contribution is -0.823. The van der Waals surface area contributed by atoms with Crippen LogP contribution >= 0.6 is 0 Å². The highest BCUT2D eigenvalue weighted by Gasteiger charge is 2.45. The minimum atomic E-state index is 0.223. The molecule has 0 spiro atoms. The lowest BCUT2D eigenvalue weighted by Crippen LogP contribution is -3.19. The molecule has 2 atom stereocenters. The average Bonchev–Trinajstić information content (AvgIpc) is 2.23. The summed E-state index contributed by atoms with van der Waals surface area (Å²) >= 11 is 0. The molecule has 1 saturated heterocycles. The molecule has 3 aliphatic heterocycles. The molecule has 0 aromatic heterocycles. The van der Waals surface area contributed by atoms with Crippen molar-refractivity contribution in [3.63, 3.8) is 0 Å². The van der Waals surface area contributed by atoms with Gasteiger partial charge in [-0.1, -0.05) is 0 Å². The minimum Gasteiger partial charge on any atom is -0.328 e. The summed E-state index contributed by atoms with van der Waals surface area (Å²) in [5, 5.41) is 5.73. The Morgan fingerprint density at radius 2 is 2.40 bits per heavy atom. The quantitative estimate of drug-likeness (QED) is 0.507. The van der Waals surface area contributed by atoms with E-state index in [0.717, 1.165) is 24.4 Å². The molecule has 1 fully saturated rings. The van der Waals surface area contributed by atoms with Gasteiger partial charge in [0.1, 0.15) is 6.20 Å². The summed E-state index contributed by atoms with van der Waals surface area (Å²) in [6.07, 6.45) is 7.29. The van der Waals surface area contributed by atoms with Crippen molar-refractivity contribution in [2.45, 2.75) is 25.5 Å². The van der Waals surface area contributed by atoms with Crippen LogP contribution in [0.4, 0.5) is 0 Å². The van der Waals surface area contributed by atoms with Gasteiger partial charge in [0.25, 0.3) is 5.84 Å². The van der Waals surface area contributed by atoms with Crippen molar-refractivity contribution in [3.8, 4) is 0 Å². The fourth-order valence-electron chi connectivity index (χ4n) is 2.16. The van der Waals surface area contributed by atoms with Gasteiger partial charge >= 0.3 is 5.84 Å². The predicted octanol–water partition coefficient (Wildman–Crippen LogP) is -2.11. The number of quaternary nitrogens is 1. The molecule has 0 aliphatic carbocycles. The van der Waals surface area contributed by atoms with E-state index in [4.69, 9.17) is 10.1 Å². The lowest BCUT2D eigenvalue weighted by atomic mass is 10.0. The molecule has 0 radical (unpaired) electrons. The van der Waals surface area contributed by atoms with Gasteiger partial charge in [0, 0.05) is 6.42 Å². The van der Waals surface area contributed by atoms with Crippen LogP contribution in [0, 0.1) is 0 Å². The fraction of sp³-hybridized carbons (Fsp3) is 0.500. The summed E-state index contributed by atoms with van der Waals surface area (Å²) in [6, 6.07) is 0. The molecule has 3 aliphatic rings. The van der Waals surface area contributed by atoms with Crippen LogP contribution in [0.3, 0.4) is 0 Å². The second-order valence-electron chi connectivity index (χ2n) is 3.98. The molecule has 15 heavy (non-hydrogen) atoms. The van der Waals surface area contributed by atoms with E-state index in [0.29, 0.717) is 5.84 Å². The number of ether oxygens (including phenoxy) is 1. The predicted molar refractivity (Wildman–Crippen MR) is 55.5 cm³/mol. The zero-order chi connectivity index (χ0) is 10.3. The third kappa shape index (κ3) is 1.35. The van der Waals surface area contributed by atoms with Crippen LogP contribution in [0.25, 0.3) is 0 Å². The second-order valence-corrected chi connectivity index (χ2v) is 3.98. The summed E-state index contributed by atoms with van der Waals surface area (Å²) in [6.45, 7) is 0.859. The second kappa shape index (κ2) is 3.36. The summed E-state index contributed by atoms with van der Waals surface area (Å²) in [4.78, 5) is 9.39. The van der Waals surface area contributed by atoms with Crippen LogP contribution in [0.5, 0.6) is 0 Å². The summed E-state index contributed by atoms with van der Waals surface area (Å²) in [7, 11) is 0. The molecule has 5 nitrogen and oxygen atoms in total. The van der Waals surface area contributed by atoms with Crippen molar-refractivity contribution in [1.82, 2.24) is 0 Å². The molecule has 2 unspecified atom stereocenters. The summed E-state index contributed by atoms with van der Waals surface area (Å²) in [5.41, 5.74) is 0.974. The number of fused-ring (bicyclic) bond motifs is 1. The Morgan fingerprint density at radius 3 is 3.20 bits per heavy atom. The maximum absolute atomic E-state index is 5.73. The van der Waals surface area contributed by atoms with Gasteiger partial charge in [0.15, 0.2) is 0 Å². The standard InChI is InChI=1S/C10H12N4O/c11-9-7-5-14(10(7)13-6-12-9)8-3-1-2-4-15-8/h5-6,8,11H,1-4H2/p+2. The topological polar surface area (TPSA) is 64.0 Å². The molecule has 3 heterocycles. The van der Waals surface area contributed by atoms with Crippen molar-refractivity contribution in [1.29, 1.82) is 0 Å². The summed E-state index contributed by atoms with van der Waals surface area (Å²) in [5.74, 6) is 1.55. The Morgan fingerprint density at radius 1 is 1.47 bits per heavy atom. The first-order valence-corrected chi connectivity index (χ1v) is 5.30. The molecule has 0 aromatic carbocycles. The molecule has 3 N–H and O–H groups in total. The molecule has 0 bridgehead atoms. The zero-order valence-corrected chi connectivity index (χ0v) is 8.44. The van der Waals surface area contributed by atoms with Crippen LogP contribution in [0.2, 0.25) is 0 Å². The number of hydrogen-bond acceptors (Lipinski definition) is 2. The Hall–Kier alpha value is -1.33. The number of nitrogens with zero attached hydrogens (tertiary/aromatic N) is 2. The largest absolute Gasteiger partial charge is 0.336 e. The van der Waals surface area contributed by atoms with Gasteiger partial charge in [-0.3, -0.25) is 5.41 Å². The SMILES string of the molecule is [NH2+]=C1N=CN=C2C1=C[NH+]2C1CCCCO1. The van der Waals surface area contributed by atoms with Crippen LogP contribution in [-0.4, -0.2) is 30.8 Å². The number of rotatable bonds is 1. The van der Waals surface area contributed by atoms with E-state index in [2.05, 4.69) is 16.2 Å². The molecule has 5 heteroatoms. The van der Waals surface area contributed by atoms with Crippen LogP contribution in [-0.2, 0) is 4.74 Å². The zero-order valence-electron chi connectivity index (χ0n) is 8.44. The maximum Gasteiger partial charge on any atom is 0.336 e. The first kappa shape index (κ1) is 8.94. The van der Waals surface area contributed by atoms with Gasteiger partial charge in [0.05, 0.1) is 6.61 Å². The van der Waals surface area contributed by atoms with Crippen LogP contribution in [0.1, 0.15) is 19.3 Å². The van der Waals surface area contributed by atoms with Crippen molar-refractivity contribution >= 4 is 18.0 Å². The molecule has 3 rings (SSSR count). The van der Waals surface area contributed by atoms with Gasteiger partial charge in [-0.2, -0.15) is 4.99 Å². The van der Waals surface area contributed by atoms with Gasteiger partial charge < -0.3 is 4.74 Å². The lowest BCUT2D eigenvalue weighted by Gasteiger charge is -2.33. The Bertz CT molecular complexity index is 390. The molecular weight excluding hydrogens is 192 g/mol. The van der Waals surface area contributed by atoms with Crippen molar-refractivity contribution in [2.24, 2.45) is 9.98 Å². The highest BCUT2D eigenvalue weighted by atomic mass is 16.5. The Labute approximate surface area is 87.7 Å². The highest BCUT2D eigenvalue weighted by molar-refractivity contribution is 6.25. The van der Waals surface area contributed by atoms with Gasteiger partial charge in [-0.15, -0.1) is 0 Å². The first-order chi connectivity index (χ1) is 7.36. The number of aliphatic imine (C=N–C) groups is 2. The number of amidine groups is 2. The number of nitrogens with two attached hydrogens (primary N) is 1.